The molecule has 1 fully saturated rings. The summed E-state index contributed by atoms with van der Waals surface area (Å²) in [5.41, 5.74) is 0. The van der Waals surface area contributed by atoms with Gasteiger partial charge in [0.15, 0.2) is 0 Å². The molecule has 1 aliphatic carbocycles. The molecule has 0 spiro atoms. The molecule has 0 unspecified atom stereocenters. The molecule has 0 saturated heterocycles. The van der Waals surface area contributed by atoms with Crippen molar-refractivity contribution in [2.75, 3.05) is 0 Å². The highest BCUT2D eigenvalue weighted by atomic mass is 16.1. The first-order valence-electron chi connectivity index (χ1n) is 4.41. The molecule has 0 N–H and O–H groups in total. The zero-order chi connectivity index (χ0) is 8.27. The fraction of sp³-hybridized carbons (Fsp3) is 0.700. The molecule has 1 nitrogen and oxygen atoms in total. The van der Waals surface area contributed by atoms with E-state index in [2.05, 4.69) is 13.5 Å². The van der Waals surface area contributed by atoms with Crippen LogP contribution in [0.4, 0.5) is 0 Å². The van der Waals surface area contributed by atoms with Crippen LogP contribution in [0.5, 0.6) is 0 Å². The first-order valence-corrected chi connectivity index (χ1v) is 4.41. The number of ketones is 1. The number of allylic oxidation sites excluding steroid dienone is 1. The smallest absolute Gasteiger partial charge is 0.136 e. The molecule has 1 saturated carbocycles. The van der Waals surface area contributed by atoms with Crippen LogP contribution in [0, 0.1) is 11.8 Å². The van der Waals surface area contributed by atoms with Gasteiger partial charge in [-0.05, 0) is 18.8 Å². The van der Waals surface area contributed by atoms with E-state index in [0.29, 0.717) is 11.7 Å². The number of Topliss-reactive ketones (excluding diaryl/α,β-unsaturated/α-hetero) is 1. The van der Waals surface area contributed by atoms with Crippen molar-refractivity contribution in [3.05, 3.63) is 12.7 Å². The Balaban J connectivity index is 2.53. The average Bonchev–Trinajstić information content (AvgIpc) is 2.04. The zero-order valence-corrected chi connectivity index (χ0v) is 7.18. The Morgan fingerprint density at radius 3 is 2.91 bits per heavy atom. The van der Waals surface area contributed by atoms with Crippen LogP contribution in [0.25, 0.3) is 0 Å². The van der Waals surface area contributed by atoms with Crippen molar-refractivity contribution in [3.63, 3.8) is 0 Å². The largest absolute Gasteiger partial charge is 0.299 e. The normalized spacial score (nSPS) is 28.1. The molecule has 0 aromatic carbocycles. The van der Waals surface area contributed by atoms with Gasteiger partial charge in [-0.1, -0.05) is 19.4 Å². The van der Waals surface area contributed by atoms with Gasteiger partial charge in [-0.2, -0.15) is 0 Å². The van der Waals surface area contributed by atoms with E-state index in [9.17, 15) is 4.79 Å². The molecule has 0 radical (unpaired) electrons. The maximum atomic E-state index is 11.3. The summed E-state index contributed by atoms with van der Waals surface area (Å²) in [6.07, 6.45) is 6.08. The van der Waals surface area contributed by atoms with Gasteiger partial charge in [-0.3, -0.25) is 4.79 Å². The number of carbonyl (C=O) groups is 1. The molecular formula is C10H16O. The third-order valence-corrected chi connectivity index (χ3v) is 2.61. The van der Waals surface area contributed by atoms with Gasteiger partial charge in [0.25, 0.3) is 0 Å². The summed E-state index contributed by atoms with van der Waals surface area (Å²) < 4.78 is 0. The lowest BCUT2D eigenvalue weighted by molar-refractivity contribution is -0.125. The van der Waals surface area contributed by atoms with Gasteiger partial charge in [0.1, 0.15) is 5.78 Å². The van der Waals surface area contributed by atoms with Crippen LogP contribution < -0.4 is 0 Å². The van der Waals surface area contributed by atoms with Crippen molar-refractivity contribution >= 4 is 5.78 Å². The molecule has 1 aliphatic rings. The monoisotopic (exact) mass is 152 g/mol. The van der Waals surface area contributed by atoms with Gasteiger partial charge in [0.05, 0.1) is 0 Å². The minimum Gasteiger partial charge on any atom is -0.299 e. The number of rotatable bonds is 2. The Hall–Kier alpha value is -0.590. The lowest BCUT2D eigenvalue weighted by atomic mass is 9.80. The number of carbonyl (C=O) groups excluding carboxylic acids is 1. The summed E-state index contributed by atoms with van der Waals surface area (Å²) in [6, 6.07) is 0. The first-order chi connectivity index (χ1) is 5.25. The minimum absolute atomic E-state index is 0.279. The summed E-state index contributed by atoms with van der Waals surface area (Å²) in [4.78, 5) is 11.3. The van der Waals surface area contributed by atoms with Gasteiger partial charge >= 0.3 is 0 Å². The van der Waals surface area contributed by atoms with Crippen molar-refractivity contribution in [2.24, 2.45) is 11.8 Å². The predicted molar refractivity (Wildman–Crippen MR) is 46.3 cm³/mol. The standard InChI is InChI=1S/C10H16O/c1-3-8(2)9-6-4-5-7-10(9)11/h3,8-9H,1,4-7H2,2H3/t8-,9+/m0/s1. The van der Waals surface area contributed by atoms with Crippen molar-refractivity contribution in [1.29, 1.82) is 0 Å². The Labute approximate surface area is 68.5 Å². The topological polar surface area (TPSA) is 17.1 Å². The molecule has 0 heterocycles. The molecule has 0 amide bonds. The van der Waals surface area contributed by atoms with Crippen LogP contribution in [0.15, 0.2) is 12.7 Å². The summed E-state index contributed by atoms with van der Waals surface area (Å²) in [5, 5.41) is 0. The van der Waals surface area contributed by atoms with Gasteiger partial charge in [0.2, 0.25) is 0 Å². The van der Waals surface area contributed by atoms with E-state index in [1.54, 1.807) is 0 Å². The number of hydrogen-bond acceptors (Lipinski definition) is 1. The maximum Gasteiger partial charge on any atom is 0.136 e. The van der Waals surface area contributed by atoms with Gasteiger partial charge in [-0.15, -0.1) is 6.58 Å². The molecule has 0 bridgehead atoms. The van der Waals surface area contributed by atoms with Crippen LogP contribution in [0.3, 0.4) is 0 Å². The van der Waals surface area contributed by atoms with Crippen molar-refractivity contribution in [1.82, 2.24) is 0 Å². The fourth-order valence-electron chi connectivity index (χ4n) is 1.73. The van der Waals surface area contributed by atoms with E-state index in [1.165, 1.54) is 6.42 Å². The van der Waals surface area contributed by atoms with E-state index in [0.717, 1.165) is 19.3 Å². The summed E-state index contributed by atoms with van der Waals surface area (Å²) in [5.74, 6) is 1.10. The molecular weight excluding hydrogens is 136 g/mol. The lowest BCUT2D eigenvalue weighted by Crippen LogP contribution is -2.24. The van der Waals surface area contributed by atoms with Crippen molar-refractivity contribution < 1.29 is 4.79 Å². The fourth-order valence-corrected chi connectivity index (χ4v) is 1.73. The Morgan fingerprint density at radius 2 is 2.36 bits per heavy atom. The van der Waals surface area contributed by atoms with E-state index >= 15 is 0 Å². The molecule has 1 heteroatoms. The molecule has 0 aliphatic heterocycles. The summed E-state index contributed by atoms with van der Waals surface area (Å²) in [7, 11) is 0. The molecule has 1 rings (SSSR count). The zero-order valence-electron chi connectivity index (χ0n) is 7.18. The molecule has 0 aromatic heterocycles. The molecule has 11 heavy (non-hydrogen) atoms. The van der Waals surface area contributed by atoms with Crippen LogP contribution >= 0.6 is 0 Å². The molecule has 0 aromatic rings. The summed E-state index contributed by atoms with van der Waals surface area (Å²) >= 11 is 0. The van der Waals surface area contributed by atoms with E-state index < -0.39 is 0 Å². The van der Waals surface area contributed by atoms with E-state index in [4.69, 9.17) is 0 Å². The third-order valence-electron chi connectivity index (χ3n) is 2.61. The molecule has 2 atom stereocenters. The summed E-state index contributed by atoms with van der Waals surface area (Å²) in [6.45, 7) is 5.80. The predicted octanol–water partition coefficient (Wildman–Crippen LogP) is 2.57. The average molecular weight is 152 g/mol. The SMILES string of the molecule is C=C[C@H](C)[C@H]1CCCCC1=O. The van der Waals surface area contributed by atoms with Crippen LogP contribution in [0.2, 0.25) is 0 Å². The first kappa shape index (κ1) is 8.51. The second-order valence-electron chi connectivity index (χ2n) is 3.41. The van der Waals surface area contributed by atoms with Gasteiger partial charge < -0.3 is 0 Å². The van der Waals surface area contributed by atoms with E-state index in [-0.39, 0.29) is 5.92 Å². The second kappa shape index (κ2) is 3.70. The van der Waals surface area contributed by atoms with E-state index in [1.807, 2.05) is 6.08 Å². The van der Waals surface area contributed by atoms with Crippen LogP contribution in [-0.4, -0.2) is 5.78 Å². The highest BCUT2D eigenvalue weighted by Crippen LogP contribution is 2.27. The highest BCUT2D eigenvalue weighted by molar-refractivity contribution is 5.82. The lowest BCUT2D eigenvalue weighted by Gasteiger charge is -2.23. The highest BCUT2D eigenvalue weighted by Gasteiger charge is 2.25. The minimum atomic E-state index is 0.279. The number of hydrogen-bond donors (Lipinski definition) is 0. The van der Waals surface area contributed by atoms with Crippen molar-refractivity contribution in [2.45, 2.75) is 32.6 Å². The molecule has 62 valence electrons. The van der Waals surface area contributed by atoms with Crippen molar-refractivity contribution in [3.8, 4) is 0 Å². The van der Waals surface area contributed by atoms with Gasteiger partial charge in [0, 0.05) is 12.3 Å². The quantitative estimate of drug-likeness (QED) is 0.556. The van der Waals surface area contributed by atoms with Gasteiger partial charge in [-0.25, -0.2) is 0 Å². The second-order valence-corrected chi connectivity index (χ2v) is 3.41. The third kappa shape index (κ3) is 1.92. The van der Waals surface area contributed by atoms with Crippen LogP contribution in [-0.2, 0) is 4.79 Å². The Bertz CT molecular complexity index is 160. The Kier molecular flexibility index (Phi) is 2.86. The Morgan fingerprint density at radius 1 is 1.64 bits per heavy atom. The van der Waals surface area contributed by atoms with Crippen LogP contribution in [0.1, 0.15) is 32.6 Å². The maximum absolute atomic E-state index is 11.3.